The summed E-state index contributed by atoms with van der Waals surface area (Å²) in [5, 5.41) is 0. The molecule has 0 atom stereocenters. The molecule has 0 radical (unpaired) electrons. The van der Waals surface area contributed by atoms with Crippen molar-refractivity contribution in [1.82, 2.24) is 14.7 Å². The van der Waals surface area contributed by atoms with Crippen LogP contribution in [0.5, 0.6) is 0 Å². The average Bonchev–Trinajstić information content (AvgIpc) is 2.72. The second kappa shape index (κ2) is 5.53. The zero-order valence-corrected chi connectivity index (χ0v) is 13.2. The molecule has 0 unspecified atom stereocenters. The van der Waals surface area contributed by atoms with Crippen LogP contribution in [0.15, 0.2) is 0 Å². The van der Waals surface area contributed by atoms with Crippen LogP contribution in [0.2, 0.25) is 0 Å². The van der Waals surface area contributed by atoms with Crippen LogP contribution in [-0.4, -0.2) is 78.5 Å². The van der Waals surface area contributed by atoms with Crippen molar-refractivity contribution in [2.45, 2.75) is 31.2 Å². The lowest BCUT2D eigenvalue weighted by atomic mass is 9.85. The predicted molar refractivity (Wildman–Crippen MR) is 78.0 cm³/mol. The highest BCUT2D eigenvalue weighted by atomic mass is 16.5. The molecule has 1 spiro atoms. The van der Waals surface area contributed by atoms with Gasteiger partial charge in [0.1, 0.15) is 5.54 Å². The quantitative estimate of drug-likeness (QED) is 0.653. The van der Waals surface area contributed by atoms with Crippen LogP contribution in [0, 0.1) is 5.92 Å². The molecule has 0 bridgehead atoms. The molecule has 0 N–H and O–H groups in total. The van der Waals surface area contributed by atoms with E-state index in [1.807, 2.05) is 4.90 Å². The largest absolute Gasteiger partial charge is 0.381 e. The fraction of sp³-hybridized carbons (Fsp3) is 0.800. The van der Waals surface area contributed by atoms with Crippen LogP contribution in [0.3, 0.4) is 0 Å². The van der Waals surface area contributed by atoms with Crippen molar-refractivity contribution in [3.8, 4) is 0 Å². The van der Waals surface area contributed by atoms with Crippen molar-refractivity contribution in [3.05, 3.63) is 0 Å². The maximum Gasteiger partial charge on any atom is 0.327 e. The molecule has 3 aliphatic rings. The Bertz CT molecular complexity index is 493. The molecule has 122 valence electrons. The van der Waals surface area contributed by atoms with Crippen molar-refractivity contribution >= 4 is 17.8 Å². The number of ether oxygens (including phenoxy) is 1. The van der Waals surface area contributed by atoms with E-state index in [0.717, 1.165) is 12.8 Å². The van der Waals surface area contributed by atoms with Gasteiger partial charge in [0.25, 0.3) is 5.91 Å². The van der Waals surface area contributed by atoms with E-state index in [9.17, 15) is 14.4 Å². The van der Waals surface area contributed by atoms with Crippen molar-refractivity contribution in [3.63, 3.8) is 0 Å². The molecule has 0 aliphatic carbocycles. The summed E-state index contributed by atoms with van der Waals surface area (Å²) in [7, 11) is 3.20. The van der Waals surface area contributed by atoms with Crippen molar-refractivity contribution in [2.75, 3.05) is 40.4 Å². The van der Waals surface area contributed by atoms with Crippen LogP contribution in [0.4, 0.5) is 4.79 Å². The SMILES string of the molecule is CN1C(=O)N(C)C2(CCN(C(=O)C3CCOCC3)CC2)C1=O. The Labute approximate surface area is 130 Å². The standard InChI is InChI=1S/C15H23N3O4/c1-16-13(20)15(17(2)14(16)21)5-7-18(8-6-15)12(19)11-3-9-22-10-4-11/h11H,3-10H2,1-2H3. The normalized spacial score (nSPS) is 26.2. The first-order chi connectivity index (χ1) is 10.5. The van der Waals surface area contributed by atoms with E-state index in [-0.39, 0.29) is 23.8 Å². The first-order valence-electron chi connectivity index (χ1n) is 7.90. The number of nitrogens with zero attached hydrogens (tertiary/aromatic N) is 3. The van der Waals surface area contributed by atoms with E-state index in [4.69, 9.17) is 4.74 Å². The van der Waals surface area contributed by atoms with Gasteiger partial charge in [0.2, 0.25) is 5.91 Å². The lowest BCUT2D eigenvalue weighted by molar-refractivity contribution is -0.144. The summed E-state index contributed by atoms with van der Waals surface area (Å²) in [4.78, 5) is 41.5. The molecule has 3 rings (SSSR count). The molecule has 22 heavy (non-hydrogen) atoms. The van der Waals surface area contributed by atoms with Gasteiger partial charge < -0.3 is 14.5 Å². The molecule has 0 aromatic heterocycles. The minimum atomic E-state index is -0.752. The zero-order chi connectivity index (χ0) is 15.9. The van der Waals surface area contributed by atoms with Crippen LogP contribution >= 0.6 is 0 Å². The molecule has 7 heteroatoms. The highest BCUT2D eigenvalue weighted by molar-refractivity contribution is 6.06. The van der Waals surface area contributed by atoms with E-state index in [1.165, 1.54) is 11.9 Å². The molecule has 3 fully saturated rings. The van der Waals surface area contributed by atoms with Gasteiger partial charge in [0.15, 0.2) is 0 Å². The number of imide groups is 1. The highest BCUT2D eigenvalue weighted by Crippen LogP contribution is 2.36. The van der Waals surface area contributed by atoms with Gasteiger partial charge in [0, 0.05) is 46.3 Å². The number of carbonyl (C=O) groups is 3. The Morgan fingerprint density at radius 3 is 2.23 bits per heavy atom. The molecule has 3 aliphatic heterocycles. The number of urea groups is 1. The summed E-state index contributed by atoms with van der Waals surface area (Å²) >= 11 is 0. The topological polar surface area (TPSA) is 70.2 Å². The molecular formula is C15H23N3O4. The van der Waals surface area contributed by atoms with Crippen LogP contribution in [0.1, 0.15) is 25.7 Å². The second-order valence-corrected chi connectivity index (χ2v) is 6.45. The van der Waals surface area contributed by atoms with Gasteiger partial charge in [-0.15, -0.1) is 0 Å². The average molecular weight is 309 g/mol. The molecule has 3 heterocycles. The lowest BCUT2D eigenvalue weighted by Gasteiger charge is -2.42. The van der Waals surface area contributed by atoms with Gasteiger partial charge in [-0.1, -0.05) is 0 Å². The minimum absolute atomic E-state index is 0.0455. The highest BCUT2D eigenvalue weighted by Gasteiger charge is 2.55. The van der Waals surface area contributed by atoms with Gasteiger partial charge in [-0.3, -0.25) is 14.5 Å². The van der Waals surface area contributed by atoms with Crippen molar-refractivity contribution in [2.24, 2.45) is 5.92 Å². The lowest BCUT2D eigenvalue weighted by Crippen LogP contribution is -2.57. The molecule has 4 amide bonds. The Kier molecular flexibility index (Phi) is 3.84. The summed E-state index contributed by atoms with van der Waals surface area (Å²) in [5.41, 5.74) is -0.752. The fourth-order valence-electron chi connectivity index (χ4n) is 3.80. The Morgan fingerprint density at radius 2 is 1.73 bits per heavy atom. The van der Waals surface area contributed by atoms with E-state index >= 15 is 0 Å². The summed E-state index contributed by atoms with van der Waals surface area (Å²) < 4.78 is 5.30. The fourth-order valence-corrected chi connectivity index (χ4v) is 3.80. The molecule has 0 aromatic rings. The van der Waals surface area contributed by atoms with E-state index in [2.05, 4.69) is 0 Å². The maximum atomic E-state index is 12.5. The Balaban J connectivity index is 1.66. The van der Waals surface area contributed by atoms with Crippen LogP contribution in [-0.2, 0) is 14.3 Å². The summed E-state index contributed by atoms with van der Waals surface area (Å²) in [5.74, 6) is 0.0770. The van der Waals surface area contributed by atoms with Gasteiger partial charge in [-0.05, 0) is 25.7 Å². The number of rotatable bonds is 1. The first kappa shape index (κ1) is 15.3. The number of likely N-dealkylation sites (tertiary alicyclic amines) is 1. The van der Waals surface area contributed by atoms with Crippen molar-refractivity contribution < 1.29 is 19.1 Å². The number of hydrogen-bond acceptors (Lipinski definition) is 4. The predicted octanol–water partition coefficient (Wildman–Crippen LogP) is 0.298. The molecule has 0 aromatic carbocycles. The van der Waals surface area contributed by atoms with Crippen molar-refractivity contribution in [1.29, 1.82) is 0 Å². The van der Waals surface area contributed by atoms with E-state index in [0.29, 0.717) is 39.1 Å². The smallest absolute Gasteiger partial charge is 0.327 e. The Morgan fingerprint density at radius 1 is 1.14 bits per heavy atom. The third-order valence-electron chi connectivity index (χ3n) is 5.39. The van der Waals surface area contributed by atoms with Gasteiger partial charge in [-0.2, -0.15) is 0 Å². The molecule has 3 saturated heterocycles. The number of likely N-dealkylation sites (N-methyl/N-ethyl adjacent to an activating group) is 2. The van der Waals surface area contributed by atoms with E-state index in [1.54, 1.807) is 11.9 Å². The summed E-state index contributed by atoms with van der Waals surface area (Å²) in [6.07, 6.45) is 2.60. The number of amides is 4. The number of piperidine rings is 1. The second-order valence-electron chi connectivity index (χ2n) is 6.45. The monoisotopic (exact) mass is 309 g/mol. The van der Waals surface area contributed by atoms with Crippen LogP contribution < -0.4 is 0 Å². The molecular weight excluding hydrogens is 286 g/mol. The van der Waals surface area contributed by atoms with Crippen LogP contribution in [0.25, 0.3) is 0 Å². The third kappa shape index (κ3) is 2.18. The summed E-state index contributed by atoms with van der Waals surface area (Å²) in [6.45, 7) is 2.37. The molecule has 7 nitrogen and oxygen atoms in total. The Hall–Kier alpha value is -1.63. The molecule has 0 saturated carbocycles. The van der Waals surface area contributed by atoms with Gasteiger partial charge >= 0.3 is 6.03 Å². The van der Waals surface area contributed by atoms with E-state index < -0.39 is 5.54 Å². The van der Waals surface area contributed by atoms with Gasteiger partial charge in [-0.25, -0.2) is 4.79 Å². The number of hydrogen-bond donors (Lipinski definition) is 0. The zero-order valence-electron chi connectivity index (χ0n) is 13.2. The number of carbonyl (C=O) groups excluding carboxylic acids is 3. The first-order valence-corrected chi connectivity index (χ1v) is 7.90. The maximum absolute atomic E-state index is 12.5. The summed E-state index contributed by atoms with van der Waals surface area (Å²) in [6, 6.07) is -0.255. The third-order valence-corrected chi connectivity index (χ3v) is 5.39. The van der Waals surface area contributed by atoms with Gasteiger partial charge in [0.05, 0.1) is 0 Å². The minimum Gasteiger partial charge on any atom is -0.381 e.